The van der Waals surface area contributed by atoms with Crippen LogP contribution in [-0.2, 0) is 24.9 Å². The van der Waals surface area contributed by atoms with Gasteiger partial charge in [-0.05, 0) is 57.1 Å². The number of aliphatic hydroxyl groups is 1. The van der Waals surface area contributed by atoms with Crippen LogP contribution in [0.25, 0.3) is 53.0 Å². The average molecular weight is 752 g/mol. The maximum Gasteiger partial charge on any atom is 0.164 e. The molecule has 3 aromatic heterocycles. The Kier molecular flexibility index (Phi) is 9.03. The predicted molar refractivity (Wildman–Crippen MR) is 174 cm³/mol. The quantitative estimate of drug-likeness (QED) is 0.0829. The second-order valence-electron chi connectivity index (χ2n) is 12.5. The van der Waals surface area contributed by atoms with E-state index >= 15 is 0 Å². The Morgan fingerprint density at radius 2 is 1.57 bits per heavy atom. The molecule has 4 nitrogen and oxygen atoms in total. The van der Waals surface area contributed by atoms with E-state index in [2.05, 4.69) is 71.7 Å². The van der Waals surface area contributed by atoms with Crippen molar-refractivity contribution in [3.05, 3.63) is 96.7 Å². The summed E-state index contributed by atoms with van der Waals surface area (Å²) in [6, 6.07) is 24.9. The van der Waals surface area contributed by atoms with E-state index in [9.17, 15) is 9.90 Å². The molecule has 1 N–H and O–H groups in total. The zero-order chi connectivity index (χ0) is 29.5. The van der Waals surface area contributed by atoms with E-state index in [1.54, 1.807) is 0 Å². The van der Waals surface area contributed by atoms with E-state index < -0.39 is 5.41 Å². The van der Waals surface area contributed by atoms with Crippen molar-refractivity contribution in [3.8, 4) is 11.3 Å². The summed E-state index contributed by atoms with van der Waals surface area (Å²) in [4.78, 5) is 20.7. The molecule has 0 aliphatic carbocycles. The van der Waals surface area contributed by atoms with E-state index in [0.29, 0.717) is 0 Å². The van der Waals surface area contributed by atoms with Crippen molar-refractivity contribution in [2.75, 3.05) is 0 Å². The Bertz CT molecular complexity index is 1960. The Labute approximate surface area is 264 Å². The second kappa shape index (κ2) is 12.0. The molecule has 0 aliphatic rings. The number of pyridine rings is 2. The molecule has 0 amide bonds. The number of aryl methyl sites for hydroxylation is 1. The Morgan fingerprint density at radius 3 is 2.29 bits per heavy atom. The van der Waals surface area contributed by atoms with Gasteiger partial charge in [0.05, 0.1) is 0 Å². The smallest absolute Gasteiger partial charge is 0.164 e. The Hall–Kier alpha value is -3.44. The molecule has 0 aliphatic heterocycles. The number of allylic oxidation sites excluding steroid dienone is 2. The third kappa shape index (κ3) is 6.47. The number of ketones is 1. The molecule has 3 aromatic carbocycles. The van der Waals surface area contributed by atoms with Crippen molar-refractivity contribution >= 4 is 58.8 Å². The summed E-state index contributed by atoms with van der Waals surface area (Å²) in [6.07, 6.45) is 5.19. The number of fused-ring (bicyclic) bond motifs is 6. The van der Waals surface area contributed by atoms with Crippen molar-refractivity contribution in [1.82, 2.24) is 9.97 Å². The average Bonchev–Trinajstić information content (AvgIpc) is 3.29. The van der Waals surface area contributed by atoms with Gasteiger partial charge in [-0.15, -0.1) is 23.8 Å². The van der Waals surface area contributed by atoms with Crippen LogP contribution in [0.2, 0.25) is 0 Å². The summed E-state index contributed by atoms with van der Waals surface area (Å²) < 4.78 is 2.57. The summed E-state index contributed by atoms with van der Waals surface area (Å²) in [5, 5.41) is 16.8. The van der Waals surface area contributed by atoms with Crippen LogP contribution in [0.5, 0.6) is 0 Å². The second-order valence-corrected chi connectivity index (χ2v) is 13.6. The molecule has 6 rings (SSSR count). The summed E-state index contributed by atoms with van der Waals surface area (Å²) in [5.74, 6) is 0.104. The predicted octanol–water partition coefficient (Wildman–Crippen LogP) is 10.0. The van der Waals surface area contributed by atoms with E-state index in [1.807, 2.05) is 72.2 Å². The molecule has 6 heteroatoms. The molecule has 0 saturated heterocycles. The molecule has 217 valence electrons. The van der Waals surface area contributed by atoms with Gasteiger partial charge in [0.15, 0.2) is 5.78 Å². The first-order valence-corrected chi connectivity index (χ1v) is 14.6. The largest absolute Gasteiger partial charge is 0.512 e. The zero-order valence-electron chi connectivity index (χ0n) is 25.0. The summed E-state index contributed by atoms with van der Waals surface area (Å²) in [6.45, 7) is 13.1. The van der Waals surface area contributed by atoms with Crippen LogP contribution in [0, 0.1) is 23.8 Å². The third-order valence-electron chi connectivity index (χ3n) is 7.12. The number of carbonyl (C=O) groups is 1. The molecular formula is C36H35IrN2O2S-. The minimum Gasteiger partial charge on any atom is -0.512 e. The Balaban J connectivity index is 0.000000249. The monoisotopic (exact) mass is 752 g/mol. The van der Waals surface area contributed by atoms with Crippen LogP contribution < -0.4 is 0 Å². The van der Waals surface area contributed by atoms with Crippen LogP contribution in [-0.4, -0.2) is 20.9 Å². The first-order valence-electron chi connectivity index (χ1n) is 13.8. The normalized spacial score (nSPS) is 12.3. The van der Waals surface area contributed by atoms with Gasteiger partial charge in [0, 0.05) is 65.2 Å². The number of hydrogen-bond donors (Lipinski definition) is 1. The van der Waals surface area contributed by atoms with Gasteiger partial charge in [-0.1, -0.05) is 77.3 Å². The number of aliphatic hydroxyl groups excluding tert-OH is 1. The van der Waals surface area contributed by atoms with Gasteiger partial charge in [0.1, 0.15) is 5.76 Å². The standard InChI is InChI=1S/C25H15N2S.C11H20O2.Ir/c1-15-12-16-6-8-20-18(22(16)14-27-15)10-11-26-25(20)17-7-9-24-21(13-17)19-4-2-3-5-23(19)28-24;1-10(2,3)8(12)7-9(13)11(4,5)6;/h2-6,8-14H,1H3;7,12H,1-6H3;/q-1;;/b;8-7-;. The van der Waals surface area contributed by atoms with Gasteiger partial charge >= 0.3 is 0 Å². The minimum atomic E-state index is -0.417. The van der Waals surface area contributed by atoms with Crippen molar-refractivity contribution in [2.45, 2.75) is 48.5 Å². The van der Waals surface area contributed by atoms with Crippen molar-refractivity contribution in [2.24, 2.45) is 10.8 Å². The van der Waals surface area contributed by atoms with Crippen molar-refractivity contribution in [1.29, 1.82) is 0 Å². The minimum absolute atomic E-state index is 0. The molecule has 0 unspecified atom stereocenters. The number of carbonyl (C=O) groups excluding carboxylic acids is 1. The maximum atomic E-state index is 11.5. The molecule has 0 bridgehead atoms. The number of benzene rings is 3. The number of thiophene rings is 1. The molecular weight excluding hydrogens is 717 g/mol. The van der Waals surface area contributed by atoms with E-state index in [1.165, 1.54) is 37.0 Å². The SMILES string of the molecule is CC(C)(C)C(=O)/C=C(\O)C(C)(C)C.Cc1cc2ccc3c(-c4[c-]cc5sc6ccccc6c5c4)nccc3c2cn1.[Ir]. The summed E-state index contributed by atoms with van der Waals surface area (Å²) in [7, 11) is 0. The Morgan fingerprint density at radius 1 is 0.833 bits per heavy atom. The van der Waals surface area contributed by atoms with E-state index in [0.717, 1.165) is 27.7 Å². The van der Waals surface area contributed by atoms with Crippen molar-refractivity contribution in [3.63, 3.8) is 0 Å². The van der Waals surface area contributed by atoms with E-state index in [4.69, 9.17) is 4.98 Å². The zero-order valence-corrected chi connectivity index (χ0v) is 28.2. The molecule has 0 saturated carbocycles. The third-order valence-corrected chi connectivity index (χ3v) is 8.26. The first kappa shape index (κ1) is 31.5. The number of rotatable bonds is 2. The van der Waals surface area contributed by atoms with Gasteiger partial charge in [0.2, 0.25) is 0 Å². The number of hydrogen-bond acceptors (Lipinski definition) is 5. The van der Waals surface area contributed by atoms with Crippen LogP contribution in [0.3, 0.4) is 0 Å². The molecule has 1 radical (unpaired) electrons. The fraction of sp³-hybridized carbons (Fsp3) is 0.250. The van der Waals surface area contributed by atoms with Crippen molar-refractivity contribution < 1.29 is 30.0 Å². The first-order chi connectivity index (χ1) is 19.3. The van der Waals surface area contributed by atoms with Crippen LogP contribution in [0.4, 0.5) is 0 Å². The molecule has 42 heavy (non-hydrogen) atoms. The number of aromatic nitrogens is 2. The topological polar surface area (TPSA) is 63.1 Å². The van der Waals surface area contributed by atoms with E-state index in [-0.39, 0.29) is 37.1 Å². The number of nitrogens with zero attached hydrogens (tertiary/aromatic N) is 2. The molecule has 0 fully saturated rings. The van der Waals surface area contributed by atoms with Gasteiger partial charge in [0.25, 0.3) is 0 Å². The van der Waals surface area contributed by atoms with Crippen LogP contribution in [0.15, 0.2) is 84.9 Å². The van der Waals surface area contributed by atoms with Gasteiger partial charge in [-0.2, -0.15) is 11.3 Å². The fourth-order valence-corrected chi connectivity index (χ4v) is 5.64. The maximum absolute atomic E-state index is 11.5. The van der Waals surface area contributed by atoms with Gasteiger partial charge in [-0.25, -0.2) is 0 Å². The van der Waals surface area contributed by atoms with Gasteiger partial charge in [-0.3, -0.25) is 9.78 Å². The van der Waals surface area contributed by atoms with Gasteiger partial charge < -0.3 is 10.1 Å². The van der Waals surface area contributed by atoms with Crippen LogP contribution >= 0.6 is 11.3 Å². The fourth-order valence-electron chi connectivity index (χ4n) is 4.57. The van der Waals surface area contributed by atoms with Crippen LogP contribution in [0.1, 0.15) is 47.2 Å². The summed E-state index contributed by atoms with van der Waals surface area (Å²) >= 11 is 1.81. The molecule has 6 aromatic rings. The molecule has 3 heterocycles. The molecule has 0 spiro atoms. The summed E-state index contributed by atoms with van der Waals surface area (Å²) in [5.41, 5.74) is 2.27. The molecule has 0 atom stereocenters.